The van der Waals surface area contributed by atoms with Crippen molar-refractivity contribution in [2.75, 3.05) is 25.6 Å². The Hall–Kier alpha value is -1.59. The number of ether oxygens (including phenoxy) is 2. The number of anilines is 1. The molecule has 5 nitrogen and oxygen atoms in total. The molecule has 0 radical (unpaired) electrons. The van der Waals surface area contributed by atoms with Crippen LogP contribution < -0.4 is 15.8 Å². The van der Waals surface area contributed by atoms with E-state index in [2.05, 4.69) is 5.32 Å². The van der Waals surface area contributed by atoms with E-state index in [1.807, 2.05) is 32.0 Å². The van der Waals surface area contributed by atoms with E-state index in [1.165, 1.54) is 0 Å². The van der Waals surface area contributed by atoms with Crippen molar-refractivity contribution < 1.29 is 14.3 Å². The minimum absolute atomic E-state index is 0.203. The highest BCUT2D eigenvalue weighted by molar-refractivity contribution is 5.95. The lowest BCUT2D eigenvalue weighted by Crippen LogP contribution is -2.35. The van der Waals surface area contributed by atoms with E-state index in [0.29, 0.717) is 31.1 Å². The summed E-state index contributed by atoms with van der Waals surface area (Å²) in [5, 5.41) is 2.82. The number of amides is 1. The number of benzene rings is 1. The normalized spacial score (nSPS) is 12.0. The Morgan fingerprint density at radius 1 is 1.45 bits per heavy atom. The number of aryl methyl sites for hydroxylation is 1. The first kappa shape index (κ1) is 16.5. The number of methoxy groups -OCH3 is 1. The molecular weight excluding hydrogens is 256 g/mol. The van der Waals surface area contributed by atoms with E-state index in [4.69, 9.17) is 15.2 Å². The van der Waals surface area contributed by atoms with Gasteiger partial charge in [0.1, 0.15) is 5.75 Å². The van der Waals surface area contributed by atoms with Crippen LogP contribution in [0, 0.1) is 6.92 Å². The van der Waals surface area contributed by atoms with Crippen molar-refractivity contribution in [3.05, 3.63) is 23.8 Å². The maximum absolute atomic E-state index is 12.0. The van der Waals surface area contributed by atoms with Crippen LogP contribution in [0.4, 0.5) is 5.69 Å². The second-order valence-electron chi connectivity index (χ2n) is 4.66. The Balaban J connectivity index is 2.64. The SMILES string of the molecule is CCOc1cc(C)ccc1NC(=O)C(N)CCCOC. The van der Waals surface area contributed by atoms with Crippen molar-refractivity contribution in [3.8, 4) is 5.75 Å². The van der Waals surface area contributed by atoms with Gasteiger partial charge >= 0.3 is 0 Å². The van der Waals surface area contributed by atoms with Crippen LogP contribution in [-0.4, -0.2) is 32.3 Å². The minimum atomic E-state index is -0.541. The van der Waals surface area contributed by atoms with Crippen molar-refractivity contribution in [2.24, 2.45) is 5.73 Å². The highest BCUT2D eigenvalue weighted by Crippen LogP contribution is 2.25. The van der Waals surface area contributed by atoms with Crippen LogP contribution in [0.25, 0.3) is 0 Å². The molecule has 1 amide bonds. The van der Waals surface area contributed by atoms with E-state index in [0.717, 1.165) is 12.0 Å². The third kappa shape index (κ3) is 5.19. The lowest BCUT2D eigenvalue weighted by Gasteiger charge is -2.15. The van der Waals surface area contributed by atoms with Gasteiger partial charge in [-0.3, -0.25) is 4.79 Å². The first-order valence-electron chi connectivity index (χ1n) is 6.87. The third-order valence-electron chi connectivity index (χ3n) is 2.90. The van der Waals surface area contributed by atoms with Gasteiger partial charge in [-0.05, 0) is 44.4 Å². The number of rotatable bonds is 8. The lowest BCUT2D eigenvalue weighted by atomic mass is 10.1. The van der Waals surface area contributed by atoms with Crippen molar-refractivity contribution >= 4 is 11.6 Å². The quantitative estimate of drug-likeness (QED) is 0.715. The van der Waals surface area contributed by atoms with Crippen LogP contribution in [-0.2, 0) is 9.53 Å². The topological polar surface area (TPSA) is 73.6 Å². The fourth-order valence-electron chi connectivity index (χ4n) is 1.81. The monoisotopic (exact) mass is 280 g/mol. The van der Waals surface area contributed by atoms with Crippen molar-refractivity contribution in [1.82, 2.24) is 0 Å². The first-order valence-corrected chi connectivity index (χ1v) is 6.87. The number of nitrogens with one attached hydrogen (secondary N) is 1. The maximum Gasteiger partial charge on any atom is 0.241 e. The van der Waals surface area contributed by atoms with Crippen LogP contribution in [0.1, 0.15) is 25.3 Å². The molecule has 0 fully saturated rings. The molecule has 1 aromatic carbocycles. The van der Waals surface area contributed by atoms with Gasteiger partial charge in [0.05, 0.1) is 18.3 Å². The van der Waals surface area contributed by atoms with Gasteiger partial charge < -0.3 is 20.5 Å². The summed E-state index contributed by atoms with van der Waals surface area (Å²) in [5.41, 5.74) is 7.59. The summed E-state index contributed by atoms with van der Waals surface area (Å²) in [5.74, 6) is 0.468. The Morgan fingerprint density at radius 2 is 2.20 bits per heavy atom. The Labute approximate surface area is 120 Å². The Kier molecular flexibility index (Phi) is 7.04. The fourth-order valence-corrected chi connectivity index (χ4v) is 1.81. The fraction of sp³-hybridized carbons (Fsp3) is 0.533. The molecule has 3 N–H and O–H groups in total. The standard InChI is InChI=1S/C15H24N2O3/c1-4-20-14-10-11(2)7-8-13(14)17-15(18)12(16)6-5-9-19-3/h7-8,10,12H,4-6,9,16H2,1-3H3,(H,17,18). The van der Waals surface area contributed by atoms with Gasteiger partial charge in [-0.15, -0.1) is 0 Å². The van der Waals surface area contributed by atoms with E-state index in [9.17, 15) is 4.79 Å². The molecule has 0 bridgehead atoms. The molecule has 1 unspecified atom stereocenters. The predicted molar refractivity (Wildman–Crippen MR) is 80.1 cm³/mol. The number of hydrogen-bond donors (Lipinski definition) is 2. The van der Waals surface area contributed by atoms with Gasteiger partial charge in [0.25, 0.3) is 0 Å². The molecule has 20 heavy (non-hydrogen) atoms. The van der Waals surface area contributed by atoms with Crippen molar-refractivity contribution in [1.29, 1.82) is 0 Å². The summed E-state index contributed by atoms with van der Waals surface area (Å²) in [7, 11) is 1.63. The van der Waals surface area contributed by atoms with Gasteiger partial charge in [0.2, 0.25) is 5.91 Å². The number of hydrogen-bond acceptors (Lipinski definition) is 4. The van der Waals surface area contributed by atoms with Gasteiger partial charge in [0, 0.05) is 13.7 Å². The molecule has 1 atom stereocenters. The maximum atomic E-state index is 12.0. The first-order chi connectivity index (χ1) is 9.58. The number of nitrogens with two attached hydrogens (primary N) is 1. The lowest BCUT2D eigenvalue weighted by molar-refractivity contribution is -0.117. The zero-order valence-electron chi connectivity index (χ0n) is 12.4. The average molecular weight is 280 g/mol. The number of carbonyl (C=O) groups is 1. The highest BCUT2D eigenvalue weighted by Gasteiger charge is 2.15. The van der Waals surface area contributed by atoms with Crippen molar-refractivity contribution in [3.63, 3.8) is 0 Å². The summed E-state index contributed by atoms with van der Waals surface area (Å²) in [6.07, 6.45) is 1.35. The molecule has 0 aliphatic carbocycles. The zero-order valence-corrected chi connectivity index (χ0v) is 12.4. The van der Waals surface area contributed by atoms with Crippen LogP contribution >= 0.6 is 0 Å². The third-order valence-corrected chi connectivity index (χ3v) is 2.90. The van der Waals surface area contributed by atoms with E-state index < -0.39 is 6.04 Å². The molecule has 1 aromatic rings. The van der Waals surface area contributed by atoms with Crippen LogP contribution in [0.5, 0.6) is 5.75 Å². The molecule has 112 valence electrons. The van der Waals surface area contributed by atoms with Gasteiger partial charge in [-0.1, -0.05) is 6.07 Å². The second kappa shape index (κ2) is 8.55. The van der Waals surface area contributed by atoms with Crippen LogP contribution in [0.2, 0.25) is 0 Å². The molecule has 0 aromatic heterocycles. The largest absolute Gasteiger partial charge is 0.492 e. The summed E-state index contributed by atoms with van der Waals surface area (Å²) in [6, 6.07) is 5.12. The van der Waals surface area contributed by atoms with Crippen LogP contribution in [0.3, 0.4) is 0 Å². The summed E-state index contributed by atoms with van der Waals surface area (Å²) < 4.78 is 10.5. The van der Waals surface area contributed by atoms with Crippen LogP contribution in [0.15, 0.2) is 18.2 Å². The molecule has 5 heteroatoms. The molecule has 1 rings (SSSR count). The predicted octanol–water partition coefficient (Wildman–Crippen LogP) is 2.09. The summed E-state index contributed by atoms with van der Waals surface area (Å²) >= 11 is 0. The molecule has 0 saturated carbocycles. The molecule has 0 aliphatic rings. The van der Waals surface area contributed by atoms with Gasteiger partial charge in [-0.25, -0.2) is 0 Å². The molecule has 0 saturated heterocycles. The average Bonchev–Trinajstić information content (AvgIpc) is 2.42. The Morgan fingerprint density at radius 3 is 2.85 bits per heavy atom. The minimum Gasteiger partial charge on any atom is -0.492 e. The highest BCUT2D eigenvalue weighted by atomic mass is 16.5. The molecular formula is C15H24N2O3. The van der Waals surface area contributed by atoms with E-state index in [1.54, 1.807) is 7.11 Å². The van der Waals surface area contributed by atoms with Crippen molar-refractivity contribution in [2.45, 2.75) is 32.7 Å². The Bertz CT molecular complexity index is 435. The molecule has 0 spiro atoms. The zero-order chi connectivity index (χ0) is 15.0. The number of carbonyl (C=O) groups excluding carboxylic acids is 1. The van der Waals surface area contributed by atoms with E-state index in [-0.39, 0.29) is 5.91 Å². The molecule has 0 heterocycles. The second-order valence-corrected chi connectivity index (χ2v) is 4.66. The summed E-state index contributed by atoms with van der Waals surface area (Å²) in [6.45, 7) is 5.04. The smallest absolute Gasteiger partial charge is 0.241 e. The summed E-state index contributed by atoms with van der Waals surface area (Å²) in [4.78, 5) is 12.0. The van der Waals surface area contributed by atoms with E-state index >= 15 is 0 Å². The molecule has 0 aliphatic heterocycles. The van der Waals surface area contributed by atoms with Gasteiger partial charge in [0.15, 0.2) is 0 Å². The van der Waals surface area contributed by atoms with Gasteiger partial charge in [-0.2, -0.15) is 0 Å².